The van der Waals surface area contributed by atoms with E-state index >= 15 is 0 Å². The van der Waals surface area contributed by atoms with E-state index in [-0.39, 0.29) is 5.56 Å². The van der Waals surface area contributed by atoms with Gasteiger partial charge in [0.05, 0.1) is 6.33 Å². The van der Waals surface area contributed by atoms with Gasteiger partial charge in [-0.05, 0) is 31.6 Å². The Balaban J connectivity index is 1.94. The lowest BCUT2D eigenvalue weighted by atomic mass is 9.87. The van der Waals surface area contributed by atoms with Crippen LogP contribution in [0.2, 0.25) is 0 Å². The van der Waals surface area contributed by atoms with E-state index in [0.717, 1.165) is 5.92 Å². The van der Waals surface area contributed by atoms with Gasteiger partial charge in [-0.3, -0.25) is 4.79 Å². The van der Waals surface area contributed by atoms with Gasteiger partial charge in [0.25, 0.3) is 5.56 Å². The van der Waals surface area contributed by atoms with Crippen molar-refractivity contribution in [3.8, 4) is 0 Å². The van der Waals surface area contributed by atoms with Crippen LogP contribution in [-0.2, 0) is 0 Å². The van der Waals surface area contributed by atoms with Crippen LogP contribution in [0.25, 0.3) is 0 Å². The van der Waals surface area contributed by atoms with Gasteiger partial charge >= 0.3 is 0 Å². The highest BCUT2D eigenvalue weighted by Gasteiger charge is 2.17. The summed E-state index contributed by atoms with van der Waals surface area (Å²) in [5, 5.41) is 3.31. The molecule has 1 fully saturated rings. The Hall–Kier alpha value is -1.32. The number of nitrogens with zero attached hydrogens (tertiary/aromatic N) is 1. The molecule has 15 heavy (non-hydrogen) atoms. The lowest BCUT2D eigenvalue weighted by Gasteiger charge is -2.27. The summed E-state index contributed by atoms with van der Waals surface area (Å²) in [5.41, 5.74) is -0.100. The van der Waals surface area contributed by atoms with Crippen LogP contribution in [0.1, 0.15) is 32.6 Å². The van der Waals surface area contributed by atoms with Crippen LogP contribution in [0.4, 0.5) is 5.82 Å². The van der Waals surface area contributed by atoms with E-state index in [2.05, 4.69) is 22.2 Å². The van der Waals surface area contributed by atoms with Gasteiger partial charge < -0.3 is 10.3 Å². The van der Waals surface area contributed by atoms with Crippen LogP contribution < -0.4 is 10.9 Å². The maximum absolute atomic E-state index is 11.0. The summed E-state index contributed by atoms with van der Waals surface area (Å²) in [6.45, 7) is 2.29. The van der Waals surface area contributed by atoms with E-state index in [1.54, 1.807) is 0 Å². The fourth-order valence-electron chi connectivity index (χ4n) is 2.06. The Bertz CT molecular complexity index is 366. The topological polar surface area (TPSA) is 57.8 Å². The number of nitrogens with one attached hydrogen (secondary N) is 2. The van der Waals surface area contributed by atoms with Crippen molar-refractivity contribution in [2.45, 2.75) is 38.6 Å². The summed E-state index contributed by atoms with van der Waals surface area (Å²) in [6.07, 6.45) is 6.32. The second-order valence-electron chi connectivity index (χ2n) is 4.40. The fraction of sp³-hybridized carbons (Fsp3) is 0.636. The number of aromatic nitrogens is 2. The lowest BCUT2D eigenvalue weighted by Crippen LogP contribution is -2.26. The van der Waals surface area contributed by atoms with Gasteiger partial charge in [-0.25, -0.2) is 4.98 Å². The first-order chi connectivity index (χ1) is 7.24. The number of hydrogen-bond donors (Lipinski definition) is 2. The third-order valence-corrected chi connectivity index (χ3v) is 3.05. The van der Waals surface area contributed by atoms with Gasteiger partial charge in [0, 0.05) is 12.1 Å². The maximum Gasteiger partial charge on any atom is 0.252 e. The molecule has 2 rings (SSSR count). The van der Waals surface area contributed by atoms with Gasteiger partial charge in [0.15, 0.2) is 0 Å². The van der Waals surface area contributed by atoms with Crippen molar-refractivity contribution < 1.29 is 0 Å². The van der Waals surface area contributed by atoms with Crippen molar-refractivity contribution in [2.24, 2.45) is 5.92 Å². The first-order valence-electron chi connectivity index (χ1n) is 5.55. The molecule has 0 unspecified atom stereocenters. The highest BCUT2D eigenvalue weighted by atomic mass is 16.1. The molecule has 82 valence electrons. The molecule has 0 atom stereocenters. The molecule has 1 aliphatic carbocycles. The molecule has 1 heterocycles. The van der Waals surface area contributed by atoms with Crippen LogP contribution in [0.3, 0.4) is 0 Å². The average molecular weight is 207 g/mol. The van der Waals surface area contributed by atoms with Crippen LogP contribution >= 0.6 is 0 Å². The van der Waals surface area contributed by atoms with E-state index in [4.69, 9.17) is 0 Å². The highest BCUT2D eigenvalue weighted by Crippen LogP contribution is 2.25. The molecule has 1 aliphatic rings. The quantitative estimate of drug-likeness (QED) is 0.777. The number of rotatable bonds is 2. The van der Waals surface area contributed by atoms with E-state index in [1.165, 1.54) is 38.1 Å². The van der Waals surface area contributed by atoms with Crippen LogP contribution in [0.5, 0.6) is 0 Å². The van der Waals surface area contributed by atoms with Crippen molar-refractivity contribution in [3.63, 3.8) is 0 Å². The third kappa shape index (κ3) is 2.81. The zero-order valence-corrected chi connectivity index (χ0v) is 8.99. The smallest absolute Gasteiger partial charge is 0.252 e. The summed E-state index contributed by atoms with van der Waals surface area (Å²) >= 11 is 0. The Labute approximate surface area is 89.1 Å². The van der Waals surface area contributed by atoms with E-state index in [1.807, 2.05) is 0 Å². The fourth-order valence-corrected chi connectivity index (χ4v) is 2.06. The monoisotopic (exact) mass is 207 g/mol. The zero-order valence-electron chi connectivity index (χ0n) is 8.99. The summed E-state index contributed by atoms with van der Waals surface area (Å²) in [7, 11) is 0. The van der Waals surface area contributed by atoms with Gasteiger partial charge in [-0.1, -0.05) is 6.92 Å². The number of anilines is 1. The Morgan fingerprint density at radius 1 is 1.40 bits per heavy atom. The lowest BCUT2D eigenvalue weighted by molar-refractivity contribution is 0.361. The standard InChI is InChI=1S/C11H17N3O/c1-8-2-4-9(5-3-8)14-10-6-11(15)13-7-12-10/h6-9H,2-5H2,1H3,(H2,12,13,14,15). The Kier molecular flexibility index (Phi) is 3.04. The van der Waals surface area contributed by atoms with Gasteiger partial charge in [0.1, 0.15) is 5.82 Å². The first-order valence-corrected chi connectivity index (χ1v) is 5.55. The molecule has 2 N–H and O–H groups in total. The minimum atomic E-state index is -0.100. The molecule has 0 aromatic carbocycles. The molecule has 4 nitrogen and oxygen atoms in total. The summed E-state index contributed by atoms with van der Waals surface area (Å²) in [4.78, 5) is 17.6. The van der Waals surface area contributed by atoms with Crippen molar-refractivity contribution in [2.75, 3.05) is 5.32 Å². The predicted octanol–water partition coefficient (Wildman–Crippen LogP) is 1.76. The molecule has 0 radical (unpaired) electrons. The van der Waals surface area contributed by atoms with Crippen molar-refractivity contribution in [1.82, 2.24) is 9.97 Å². The Morgan fingerprint density at radius 2 is 2.13 bits per heavy atom. The van der Waals surface area contributed by atoms with Gasteiger partial charge in [0.2, 0.25) is 0 Å². The van der Waals surface area contributed by atoms with Crippen LogP contribution in [0, 0.1) is 5.92 Å². The molecule has 1 aromatic rings. The maximum atomic E-state index is 11.0. The van der Waals surface area contributed by atoms with Gasteiger partial charge in [-0.2, -0.15) is 0 Å². The number of aromatic amines is 1. The molecule has 0 amide bonds. The predicted molar refractivity (Wildman–Crippen MR) is 59.9 cm³/mol. The van der Waals surface area contributed by atoms with Crippen LogP contribution in [-0.4, -0.2) is 16.0 Å². The number of hydrogen-bond acceptors (Lipinski definition) is 3. The second kappa shape index (κ2) is 4.47. The summed E-state index contributed by atoms with van der Waals surface area (Å²) < 4.78 is 0. The zero-order chi connectivity index (χ0) is 10.7. The molecule has 4 heteroatoms. The van der Waals surface area contributed by atoms with E-state index in [9.17, 15) is 4.79 Å². The molecular formula is C11H17N3O. The van der Waals surface area contributed by atoms with Crippen molar-refractivity contribution in [1.29, 1.82) is 0 Å². The first kappa shape index (κ1) is 10.2. The molecule has 0 spiro atoms. The van der Waals surface area contributed by atoms with Crippen molar-refractivity contribution in [3.05, 3.63) is 22.7 Å². The summed E-state index contributed by atoms with van der Waals surface area (Å²) in [5.74, 6) is 1.54. The SMILES string of the molecule is CC1CCC(Nc2cc(=O)[nH]cn2)CC1. The molecule has 0 bridgehead atoms. The highest BCUT2D eigenvalue weighted by molar-refractivity contribution is 5.33. The average Bonchev–Trinajstić information content (AvgIpc) is 2.22. The largest absolute Gasteiger partial charge is 0.367 e. The minimum Gasteiger partial charge on any atom is -0.367 e. The van der Waals surface area contributed by atoms with E-state index in [0.29, 0.717) is 11.9 Å². The minimum absolute atomic E-state index is 0.100. The summed E-state index contributed by atoms with van der Waals surface area (Å²) in [6, 6.07) is 1.99. The molecule has 1 saturated carbocycles. The molecular weight excluding hydrogens is 190 g/mol. The van der Waals surface area contributed by atoms with Gasteiger partial charge in [-0.15, -0.1) is 0 Å². The third-order valence-electron chi connectivity index (χ3n) is 3.05. The molecule has 0 saturated heterocycles. The van der Waals surface area contributed by atoms with E-state index < -0.39 is 0 Å². The Morgan fingerprint density at radius 3 is 2.80 bits per heavy atom. The molecule has 1 aromatic heterocycles. The van der Waals surface area contributed by atoms with Crippen molar-refractivity contribution >= 4 is 5.82 Å². The second-order valence-corrected chi connectivity index (χ2v) is 4.40. The van der Waals surface area contributed by atoms with Crippen LogP contribution in [0.15, 0.2) is 17.2 Å². The molecule has 0 aliphatic heterocycles. The number of H-pyrrole nitrogens is 1. The normalized spacial score (nSPS) is 26.2.